The van der Waals surface area contributed by atoms with E-state index in [1.165, 1.54) is 0 Å². The molecule has 1 unspecified atom stereocenters. The Kier molecular flexibility index (Phi) is 3.86. The van der Waals surface area contributed by atoms with Crippen molar-refractivity contribution in [3.8, 4) is 0 Å². The van der Waals surface area contributed by atoms with Crippen LogP contribution < -0.4 is 0 Å². The van der Waals surface area contributed by atoms with Gasteiger partial charge < -0.3 is 4.90 Å². The second kappa shape index (κ2) is 4.51. The third-order valence-corrected chi connectivity index (χ3v) is 2.52. The van der Waals surface area contributed by atoms with Gasteiger partial charge in [-0.25, -0.2) is 0 Å². The molecule has 1 aliphatic rings. The quantitative estimate of drug-likeness (QED) is 0.640. The molecule has 0 aromatic heterocycles. The molecule has 0 aromatic rings. The molecule has 1 aliphatic heterocycles. The van der Waals surface area contributed by atoms with Gasteiger partial charge in [0.05, 0.1) is 6.42 Å². The van der Waals surface area contributed by atoms with Crippen molar-refractivity contribution in [2.45, 2.75) is 30.8 Å². The first-order chi connectivity index (χ1) is 5.97. The van der Waals surface area contributed by atoms with Gasteiger partial charge in [0, 0.05) is 18.5 Å². The zero-order valence-corrected chi connectivity index (χ0v) is 8.03. The van der Waals surface area contributed by atoms with E-state index in [0.29, 0.717) is 6.54 Å². The van der Waals surface area contributed by atoms with E-state index in [-0.39, 0.29) is 11.9 Å². The molecule has 1 saturated heterocycles. The Bertz CT molecular complexity index is 160. The predicted molar refractivity (Wildman–Crippen MR) is 46.0 cm³/mol. The summed E-state index contributed by atoms with van der Waals surface area (Å²) in [6.07, 6.45) is -2.94. The molecule has 0 bridgehead atoms. The van der Waals surface area contributed by atoms with Crippen molar-refractivity contribution in [3.05, 3.63) is 0 Å². The second-order valence-electron chi connectivity index (χ2n) is 3.41. The van der Waals surface area contributed by atoms with Gasteiger partial charge in [-0.3, -0.25) is 0 Å². The van der Waals surface area contributed by atoms with Gasteiger partial charge in [-0.05, 0) is 19.4 Å². The summed E-state index contributed by atoms with van der Waals surface area (Å²) in [5, 5.41) is 0.0296. The topological polar surface area (TPSA) is 3.24 Å². The highest BCUT2D eigenvalue weighted by atomic mass is 35.5. The second-order valence-corrected chi connectivity index (χ2v) is 4.02. The number of rotatable bonds is 2. The van der Waals surface area contributed by atoms with Gasteiger partial charge in [-0.2, -0.15) is 13.2 Å². The summed E-state index contributed by atoms with van der Waals surface area (Å²) in [4.78, 5) is 1.79. The molecule has 78 valence electrons. The van der Waals surface area contributed by atoms with Crippen LogP contribution in [-0.4, -0.2) is 36.1 Å². The largest absolute Gasteiger partial charge is 0.390 e. The lowest BCUT2D eigenvalue weighted by Gasteiger charge is -2.29. The summed E-state index contributed by atoms with van der Waals surface area (Å²) < 4.78 is 35.5. The van der Waals surface area contributed by atoms with E-state index >= 15 is 0 Å². The third-order valence-electron chi connectivity index (χ3n) is 2.16. The third kappa shape index (κ3) is 4.72. The molecular formula is C8H13ClF3N. The highest BCUT2D eigenvalue weighted by Crippen LogP contribution is 2.22. The average Bonchev–Trinajstić information content (AvgIpc) is 2.00. The molecule has 5 heteroatoms. The Morgan fingerprint density at radius 1 is 1.38 bits per heavy atom. The molecular weight excluding hydrogens is 203 g/mol. The Labute approximate surface area is 80.8 Å². The summed E-state index contributed by atoms with van der Waals surface area (Å²) in [7, 11) is 0. The molecule has 1 fully saturated rings. The number of likely N-dealkylation sites (tertiary alicyclic amines) is 1. The zero-order valence-electron chi connectivity index (χ0n) is 7.28. The number of alkyl halides is 4. The first kappa shape index (κ1) is 11.1. The number of nitrogens with zero attached hydrogens (tertiary/aromatic N) is 1. The molecule has 0 saturated carbocycles. The Morgan fingerprint density at radius 2 is 2.08 bits per heavy atom. The first-order valence-corrected chi connectivity index (χ1v) is 4.84. The van der Waals surface area contributed by atoms with Crippen molar-refractivity contribution >= 4 is 11.6 Å². The number of hydrogen-bond acceptors (Lipinski definition) is 1. The van der Waals surface area contributed by atoms with Gasteiger partial charge in [0.25, 0.3) is 0 Å². The number of hydrogen-bond donors (Lipinski definition) is 0. The minimum atomic E-state index is -4.04. The summed E-state index contributed by atoms with van der Waals surface area (Å²) in [6, 6.07) is 0. The Balaban J connectivity index is 2.21. The summed E-state index contributed by atoms with van der Waals surface area (Å²) >= 11 is 5.84. The maximum absolute atomic E-state index is 11.8. The molecule has 0 spiro atoms. The molecule has 1 heterocycles. The normalized spacial score (nSPS) is 26.3. The van der Waals surface area contributed by atoms with Crippen molar-refractivity contribution in [2.24, 2.45) is 0 Å². The van der Waals surface area contributed by atoms with Gasteiger partial charge in [0.1, 0.15) is 0 Å². The SMILES string of the molecule is FC(F)(F)CCN1CCCC(Cl)C1. The van der Waals surface area contributed by atoms with E-state index in [4.69, 9.17) is 11.6 Å². The summed E-state index contributed by atoms with van der Waals surface area (Å²) in [6.45, 7) is 1.43. The fourth-order valence-electron chi connectivity index (χ4n) is 1.49. The lowest BCUT2D eigenvalue weighted by molar-refractivity contribution is -0.138. The van der Waals surface area contributed by atoms with E-state index in [0.717, 1.165) is 19.4 Å². The molecule has 0 N–H and O–H groups in total. The van der Waals surface area contributed by atoms with Crippen molar-refractivity contribution in [2.75, 3.05) is 19.6 Å². The molecule has 0 amide bonds. The smallest absolute Gasteiger partial charge is 0.302 e. The van der Waals surface area contributed by atoms with Gasteiger partial charge in [-0.15, -0.1) is 11.6 Å². The van der Waals surface area contributed by atoms with Gasteiger partial charge in [0.15, 0.2) is 0 Å². The van der Waals surface area contributed by atoms with E-state index in [9.17, 15) is 13.2 Å². The van der Waals surface area contributed by atoms with E-state index in [2.05, 4.69) is 0 Å². The first-order valence-electron chi connectivity index (χ1n) is 4.40. The van der Waals surface area contributed by atoms with E-state index < -0.39 is 12.6 Å². The maximum atomic E-state index is 11.8. The Hall–Kier alpha value is 0.0400. The lowest BCUT2D eigenvalue weighted by Crippen LogP contribution is -2.37. The maximum Gasteiger partial charge on any atom is 0.390 e. The van der Waals surface area contributed by atoms with Crippen LogP contribution in [0.5, 0.6) is 0 Å². The van der Waals surface area contributed by atoms with Crippen LogP contribution in [0.2, 0.25) is 0 Å². The number of halogens is 4. The number of piperidine rings is 1. The van der Waals surface area contributed by atoms with Crippen LogP contribution in [0.3, 0.4) is 0 Å². The minimum absolute atomic E-state index is 0.0296. The fourth-order valence-corrected chi connectivity index (χ4v) is 1.84. The minimum Gasteiger partial charge on any atom is -0.302 e. The standard InChI is InChI=1S/C8H13ClF3N/c9-7-2-1-4-13(6-7)5-3-8(10,11)12/h7H,1-6H2. The van der Waals surface area contributed by atoms with E-state index in [1.54, 1.807) is 4.90 Å². The summed E-state index contributed by atoms with van der Waals surface area (Å²) in [5.41, 5.74) is 0. The van der Waals surface area contributed by atoms with Crippen LogP contribution in [-0.2, 0) is 0 Å². The van der Waals surface area contributed by atoms with Crippen molar-refractivity contribution in [3.63, 3.8) is 0 Å². The van der Waals surface area contributed by atoms with Gasteiger partial charge >= 0.3 is 6.18 Å². The molecule has 0 radical (unpaired) electrons. The highest BCUT2D eigenvalue weighted by molar-refractivity contribution is 6.20. The summed E-state index contributed by atoms with van der Waals surface area (Å²) in [5.74, 6) is 0. The molecule has 1 atom stereocenters. The monoisotopic (exact) mass is 215 g/mol. The molecule has 0 aliphatic carbocycles. The van der Waals surface area contributed by atoms with E-state index in [1.807, 2.05) is 0 Å². The fraction of sp³-hybridized carbons (Fsp3) is 1.00. The van der Waals surface area contributed by atoms with Crippen molar-refractivity contribution in [1.29, 1.82) is 0 Å². The molecule has 13 heavy (non-hydrogen) atoms. The van der Waals surface area contributed by atoms with Crippen LogP contribution in [0.4, 0.5) is 13.2 Å². The highest BCUT2D eigenvalue weighted by Gasteiger charge is 2.28. The molecule has 0 aromatic carbocycles. The van der Waals surface area contributed by atoms with Crippen molar-refractivity contribution in [1.82, 2.24) is 4.90 Å². The van der Waals surface area contributed by atoms with Crippen LogP contribution in [0.1, 0.15) is 19.3 Å². The van der Waals surface area contributed by atoms with Crippen LogP contribution >= 0.6 is 11.6 Å². The van der Waals surface area contributed by atoms with Crippen molar-refractivity contribution < 1.29 is 13.2 Å². The molecule has 1 rings (SSSR count). The van der Waals surface area contributed by atoms with Crippen LogP contribution in [0.25, 0.3) is 0 Å². The van der Waals surface area contributed by atoms with Crippen LogP contribution in [0, 0.1) is 0 Å². The molecule has 1 nitrogen and oxygen atoms in total. The van der Waals surface area contributed by atoms with Crippen LogP contribution in [0.15, 0.2) is 0 Å². The predicted octanol–water partition coefficient (Wildman–Crippen LogP) is 2.64. The lowest BCUT2D eigenvalue weighted by atomic mass is 10.1. The average molecular weight is 216 g/mol. The zero-order chi connectivity index (χ0) is 9.90. The van der Waals surface area contributed by atoms with Gasteiger partial charge in [-0.1, -0.05) is 0 Å². The Morgan fingerprint density at radius 3 is 2.62 bits per heavy atom. The van der Waals surface area contributed by atoms with Gasteiger partial charge in [0.2, 0.25) is 0 Å².